The molecule has 3 rings (SSSR count). The normalized spacial score (nSPS) is 10.9. The van der Waals surface area contributed by atoms with Gasteiger partial charge in [-0.05, 0) is 73.2 Å². The van der Waals surface area contributed by atoms with Gasteiger partial charge in [0.2, 0.25) is 0 Å². The number of amides is 1. The third-order valence-electron chi connectivity index (χ3n) is 4.27. The van der Waals surface area contributed by atoms with E-state index in [-0.39, 0.29) is 11.5 Å². The number of benzene rings is 3. The van der Waals surface area contributed by atoms with Gasteiger partial charge in [-0.25, -0.2) is 8.42 Å². The third kappa shape index (κ3) is 6.13. The highest BCUT2D eigenvalue weighted by atomic mass is 35.5. The van der Waals surface area contributed by atoms with Crippen molar-refractivity contribution < 1.29 is 22.7 Å². The lowest BCUT2D eigenvalue weighted by molar-refractivity contribution is -0.118. The van der Waals surface area contributed by atoms with Crippen molar-refractivity contribution in [2.24, 2.45) is 0 Å². The van der Waals surface area contributed by atoms with E-state index in [0.717, 1.165) is 5.56 Å². The second-order valence-electron chi connectivity index (χ2n) is 6.61. The number of aryl methyl sites for hydroxylation is 1. The second kappa shape index (κ2) is 9.72. The minimum Gasteiger partial charge on any atom is -0.497 e. The summed E-state index contributed by atoms with van der Waals surface area (Å²) in [7, 11) is -2.31. The maximum absolute atomic E-state index is 12.7. The summed E-state index contributed by atoms with van der Waals surface area (Å²) in [5.74, 6) is 0.732. The zero-order valence-electron chi connectivity index (χ0n) is 16.9. The predicted octanol–water partition coefficient (Wildman–Crippen LogP) is 4.48. The van der Waals surface area contributed by atoms with Gasteiger partial charge in [0.15, 0.2) is 6.61 Å². The van der Waals surface area contributed by atoms with E-state index in [4.69, 9.17) is 21.1 Å². The summed E-state index contributed by atoms with van der Waals surface area (Å²) in [6.07, 6.45) is 0. The number of halogens is 1. The molecule has 3 aromatic rings. The zero-order valence-corrected chi connectivity index (χ0v) is 18.5. The van der Waals surface area contributed by atoms with E-state index >= 15 is 0 Å². The van der Waals surface area contributed by atoms with Crippen molar-refractivity contribution in [1.82, 2.24) is 0 Å². The van der Waals surface area contributed by atoms with Gasteiger partial charge in [0.1, 0.15) is 11.5 Å². The number of hydrogen-bond donors (Lipinski definition) is 2. The van der Waals surface area contributed by atoms with Crippen molar-refractivity contribution in [2.45, 2.75) is 11.8 Å². The summed E-state index contributed by atoms with van der Waals surface area (Å²) in [5, 5.41) is 3.21. The molecule has 0 aliphatic heterocycles. The molecule has 162 valence electrons. The first-order chi connectivity index (χ1) is 14.8. The fourth-order valence-electron chi connectivity index (χ4n) is 2.73. The van der Waals surface area contributed by atoms with Gasteiger partial charge < -0.3 is 14.8 Å². The van der Waals surface area contributed by atoms with Gasteiger partial charge in [-0.15, -0.1) is 0 Å². The van der Waals surface area contributed by atoms with Crippen LogP contribution in [0.25, 0.3) is 0 Å². The molecule has 0 unspecified atom stereocenters. The van der Waals surface area contributed by atoms with Gasteiger partial charge in [-0.3, -0.25) is 9.52 Å². The number of carbonyl (C=O) groups is 1. The Kier molecular flexibility index (Phi) is 7.04. The first kappa shape index (κ1) is 22.5. The Balaban J connectivity index is 1.65. The topological polar surface area (TPSA) is 93.7 Å². The van der Waals surface area contributed by atoms with E-state index in [1.165, 1.54) is 19.2 Å². The molecule has 0 radical (unpaired) electrons. The largest absolute Gasteiger partial charge is 0.497 e. The SMILES string of the molecule is COc1ccc(NS(=O)(=O)c2cccc(NC(=O)COc3ccc(Cl)cc3C)c2)cc1. The minimum absolute atomic E-state index is 0.00980. The van der Waals surface area contributed by atoms with Gasteiger partial charge in [0, 0.05) is 16.4 Å². The second-order valence-corrected chi connectivity index (χ2v) is 8.73. The van der Waals surface area contributed by atoms with E-state index in [0.29, 0.717) is 27.9 Å². The summed E-state index contributed by atoms with van der Waals surface area (Å²) in [6, 6.07) is 17.5. The molecule has 3 aromatic carbocycles. The van der Waals surface area contributed by atoms with E-state index in [1.54, 1.807) is 54.6 Å². The Hall–Kier alpha value is -3.23. The van der Waals surface area contributed by atoms with Gasteiger partial charge in [0.25, 0.3) is 15.9 Å². The molecule has 9 heteroatoms. The van der Waals surface area contributed by atoms with Crippen LogP contribution in [0, 0.1) is 6.92 Å². The number of nitrogens with one attached hydrogen (secondary N) is 2. The van der Waals surface area contributed by atoms with Crippen molar-refractivity contribution >= 4 is 38.9 Å². The monoisotopic (exact) mass is 460 g/mol. The fraction of sp³-hybridized carbons (Fsp3) is 0.136. The number of methoxy groups -OCH3 is 1. The Morgan fingerprint density at radius 1 is 1.00 bits per heavy atom. The number of sulfonamides is 1. The molecular weight excluding hydrogens is 440 g/mol. The average Bonchev–Trinajstić information content (AvgIpc) is 2.73. The first-order valence-corrected chi connectivity index (χ1v) is 11.1. The van der Waals surface area contributed by atoms with Crippen LogP contribution in [0.4, 0.5) is 11.4 Å². The van der Waals surface area contributed by atoms with Crippen LogP contribution in [0.5, 0.6) is 11.5 Å². The maximum atomic E-state index is 12.7. The Morgan fingerprint density at radius 2 is 1.74 bits per heavy atom. The van der Waals surface area contributed by atoms with Crippen LogP contribution in [0.2, 0.25) is 5.02 Å². The molecule has 1 amide bonds. The molecule has 2 N–H and O–H groups in total. The lowest BCUT2D eigenvalue weighted by Crippen LogP contribution is -2.21. The molecule has 0 aliphatic rings. The zero-order chi connectivity index (χ0) is 22.4. The number of rotatable bonds is 8. The predicted molar refractivity (Wildman–Crippen MR) is 121 cm³/mol. The molecule has 7 nitrogen and oxygen atoms in total. The first-order valence-electron chi connectivity index (χ1n) is 9.22. The Labute approximate surface area is 186 Å². The van der Waals surface area contributed by atoms with Crippen molar-refractivity contribution in [3.05, 3.63) is 77.3 Å². The van der Waals surface area contributed by atoms with Crippen LogP contribution in [0.1, 0.15) is 5.56 Å². The Morgan fingerprint density at radius 3 is 2.42 bits per heavy atom. The van der Waals surface area contributed by atoms with E-state index in [1.807, 2.05) is 6.92 Å². The Bertz CT molecular complexity index is 1180. The van der Waals surface area contributed by atoms with E-state index < -0.39 is 15.9 Å². The van der Waals surface area contributed by atoms with Gasteiger partial charge in [-0.2, -0.15) is 0 Å². The van der Waals surface area contributed by atoms with Crippen LogP contribution in [0.3, 0.4) is 0 Å². The van der Waals surface area contributed by atoms with Gasteiger partial charge in [0.05, 0.1) is 12.0 Å². The highest BCUT2D eigenvalue weighted by Gasteiger charge is 2.15. The molecule has 0 saturated carbocycles. The summed E-state index contributed by atoms with van der Waals surface area (Å²) in [5.41, 5.74) is 1.53. The summed E-state index contributed by atoms with van der Waals surface area (Å²) in [6.45, 7) is 1.59. The van der Waals surface area contributed by atoms with Crippen LogP contribution in [-0.4, -0.2) is 28.0 Å². The average molecular weight is 461 g/mol. The molecule has 0 fully saturated rings. The smallest absolute Gasteiger partial charge is 0.262 e. The fourth-order valence-corrected chi connectivity index (χ4v) is 4.06. The molecule has 0 saturated heterocycles. The van der Waals surface area contributed by atoms with Crippen LogP contribution >= 0.6 is 11.6 Å². The lowest BCUT2D eigenvalue weighted by atomic mass is 10.2. The van der Waals surface area contributed by atoms with Gasteiger partial charge >= 0.3 is 0 Å². The number of ether oxygens (including phenoxy) is 2. The van der Waals surface area contributed by atoms with E-state index in [2.05, 4.69) is 10.0 Å². The molecule has 0 spiro atoms. The number of carbonyl (C=O) groups excluding carboxylic acids is 1. The van der Waals surface area contributed by atoms with Crippen molar-refractivity contribution in [1.29, 1.82) is 0 Å². The lowest BCUT2D eigenvalue weighted by Gasteiger charge is -2.12. The quantitative estimate of drug-likeness (QED) is 0.517. The van der Waals surface area contributed by atoms with Crippen molar-refractivity contribution in [3.8, 4) is 11.5 Å². The summed E-state index contributed by atoms with van der Waals surface area (Å²) < 4.78 is 38.4. The van der Waals surface area contributed by atoms with Crippen molar-refractivity contribution in [3.63, 3.8) is 0 Å². The van der Waals surface area contributed by atoms with E-state index in [9.17, 15) is 13.2 Å². The molecular formula is C22H21ClN2O5S. The molecule has 0 aliphatic carbocycles. The molecule has 0 atom stereocenters. The molecule has 31 heavy (non-hydrogen) atoms. The van der Waals surface area contributed by atoms with Gasteiger partial charge in [-0.1, -0.05) is 17.7 Å². The summed E-state index contributed by atoms with van der Waals surface area (Å²) >= 11 is 5.91. The third-order valence-corrected chi connectivity index (χ3v) is 5.88. The highest BCUT2D eigenvalue weighted by molar-refractivity contribution is 7.92. The maximum Gasteiger partial charge on any atom is 0.262 e. The standard InChI is InChI=1S/C22H21ClN2O5S/c1-15-12-16(23)6-11-21(15)30-14-22(26)24-18-4-3-5-20(13-18)31(27,28)25-17-7-9-19(29-2)10-8-17/h3-13,25H,14H2,1-2H3,(H,24,26). The molecule has 0 bridgehead atoms. The molecule has 0 heterocycles. The van der Waals surface area contributed by atoms with Crippen LogP contribution < -0.4 is 19.5 Å². The molecule has 0 aromatic heterocycles. The van der Waals surface area contributed by atoms with Crippen LogP contribution in [-0.2, 0) is 14.8 Å². The van der Waals surface area contributed by atoms with Crippen LogP contribution in [0.15, 0.2) is 71.6 Å². The number of anilines is 2. The minimum atomic E-state index is -3.84. The number of hydrogen-bond acceptors (Lipinski definition) is 5. The highest BCUT2D eigenvalue weighted by Crippen LogP contribution is 2.23. The summed E-state index contributed by atoms with van der Waals surface area (Å²) in [4.78, 5) is 12.2. The van der Waals surface area contributed by atoms with Crippen molar-refractivity contribution in [2.75, 3.05) is 23.8 Å².